The van der Waals surface area contributed by atoms with E-state index in [0.29, 0.717) is 6.04 Å². The van der Waals surface area contributed by atoms with E-state index in [4.69, 9.17) is 4.74 Å². The zero-order valence-electron chi connectivity index (χ0n) is 11.6. The normalized spacial score (nSPS) is 23.9. The lowest BCUT2D eigenvalue weighted by atomic mass is 9.87. The molecular formula is C16H25NO. The van der Waals surface area contributed by atoms with Gasteiger partial charge in [-0.1, -0.05) is 24.6 Å². The maximum Gasteiger partial charge on any atom is 0.119 e. The fraction of sp³-hybridized carbons (Fsp3) is 0.625. The molecule has 1 N–H and O–H groups in total. The van der Waals surface area contributed by atoms with Crippen LogP contribution in [0.4, 0.5) is 0 Å². The summed E-state index contributed by atoms with van der Waals surface area (Å²) in [6.45, 7) is 6.16. The highest BCUT2D eigenvalue weighted by atomic mass is 16.5. The quantitative estimate of drug-likeness (QED) is 0.804. The molecule has 18 heavy (non-hydrogen) atoms. The number of aryl methyl sites for hydroxylation is 1. The van der Waals surface area contributed by atoms with Crippen LogP contribution in [0.25, 0.3) is 0 Å². The maximum absolute atomic E-state index is 5.71. The van der Waals surface area contributed by atoms with E-state index >= 15 is 0 Å². The Labute approximate surface area is 111 Å². The van der Waals surface area contributed by atoms with E-state index in [-0.39, 0.29) is 0 Å². The molecule has 1 aliphatic carbocycles. The maximum atomic E-state index is 5.71. The van der Waals surface area contributed by atoms with Crippen molar-refractivity contribution in [2.24, 2.45) is 5.92 Å². The van der Waals surface area contributed by atoms with Gasteiger partial charge in [0.05, 0.1) is 0 Å². The Balaban J connectivity index is 1.60. The lowest BCUT2D eigenvalue weighted by Crippen LogP contribution is -2.35. The molecule has 0 saturated heterocycles. The van der Waals surface area contributed by atoms with Crippen LogP contribution in [-0.4, -0.2) is 19.2 Å². The van der Waals surface area contributed by atoms with Gasteiger partial charge in [0.15, 0.2) is 0 Å². The molecule has 1 fully saturated rings. The van der Waals surface area contributed by atoms with Crippen LogP contribution >= 0.6 is 0 Å². The van der Waals surface area contributed by atoms with Crippen LogP contribution < -0.4 is 10.1 Å². The zero-order chi connectivity index (χ0) is 12.8. The molecule has 0 amide bonds. The molecule has 2 rings (SSSR count). The van der Waals surface area contributed by atoms with E-state index in [1.165, 1.54) is 31.2 Å². The van der Waals surface area contributed by atoms with Crippen LogP contribution in [0, 0.1) is 12.8 Å². The standard InChI is InChI=1S/C16H25NO/c1-13-3-7-15(8-4-13)17-11-12-18-16-9-5-14(2)6-10-16/h5-6,9-10,13,15,17H,3-4,7-8,11-12H2,1-2H3. The van der Waals surface area contributed by atoms with Gasteiger partial charge >= 0.3 is 0 Å². The first-order chi connectivity index (χ1) is 8.74. The van der Waals surface area contributed by atoms with Gasteiger partial charge in [-0.05, 0) is 50.7 Å². The third-order valence-corrected chi connectivity index (χ3v) is 3.84. The van der Waals surface area contributed by atoms with Crippen LogP contribution in [0.1, 0.15) is 38.2 Å². The molecule has 0 atom stereocenters. The second-order valence-corrected chi connectivity index (χ2v) is 5.57. The highest BCUT2D eigenvalue weighted by molar-refractivity contribution is 5.26. The van der Waals surface area contributed by atoms with Crippen LogP contribution in [0.5, 0.6) is 5.75 Å². The molecule has 0 spiro atoms. The van der Waals surface area contributed by atoms with Crippen LogP contribution in [0.2, 0.25) is 0 Å². The van der Waals surface area contributed by atoms with Crippen molar-refractivity contribution in [2.45, 2.75) is 45.6 Å². The van der Waals surface area contributed by atoms with Crippen molar-refractivity contribution in [3.8, 4) is 5.75 Å². The number of rotatable bonds is 5. The van der Waals surface area contributed by atoms with Gasteiger partial charge in [-0.3, -0.25) is 0 Å². The van der Waals surface area contributed by atoms with Crippen molar-refractivity contribution in [2.75, 3.05) is 13.2 Å². The molecule has 1 aromatic carbocycles. The van der Waals surface area contributed by atoms with Gasteiger partial charge in [-0.15, -0.1) is 0 Å². The second kappa shape index (κ2) is 6.79. The molecule has 2 nitrogen and oxygen atoms in total. The van der Waals surface area contributed by atoms with Gasteiger partial charge in [0, 0.05) is 12.6 Å². The minimum atomic E-state index is 0.711. The van der Waals surface area contributed by atoms with Crippen molar-refractivity contribution in [1.29, 1.82) is 0 Å². The number of ether oxygens (including phenoxy) is 1. The first kappa shape index (κ1) is 13.4. The van der Waals surface area contributed by atoms with Gasteiger partial charge < -0.3 is 10.1 Å². The predicted octanol–water partition coefficient (Wildman–Crippen LogP) is 3.54. The highest BCUT2D eigenvalue weighted by Crippen LogP contribution is 2.23. The van der Waals surface area contributed by atoms with E-state index in [0.717, 1.165) is 24.8 Å². The number of benzene rings is 1. The molecule has 0 radical (unpaired) electrons. The average molecular weight is 247 g/mol. The lowest BCUT2D eigenvalue weighted by molar-refractivity contribution is 0.270. The molecule has 0 unspecified atom stereocenters. The van der Waals surface area contributed by atoms with Crippen LogP contribution in [0.15, 0.2) is 24.3 Å². The van der Waals surface area contributed by atoms with Gasteiger partial charge in [0.25, 0.3) is 0 Å². The lowest BCUT2D eigenvalue weighted by Gasteiger charge is -2.27. The molecule has 1 aliphatic rings. The zero-order valence-corrected chi connectivity index (χ0v) is 11.6. The molecule has 0 heterocycles. The fourth-order valence-corrected chi connectivity index (χ4v) is 2.53. The summed E-state index contributed by atoms with van der Waals surface area (Å²) in [5.74, 6) is 1.89. The van der Waals surface area contributed by atoms with Crippen molar-refractivity contribution >= 4 is 0 Å². The van der Waals surface area contributed by atoms with Crippen molar-refractivity contribution < 1.29 is 4.74 Å². The summed E-state index contributed by atoms with van der Waals surface area (Å²) in [5.41, 5.74) is 1.27. The van der Waals surface area contributed by atoms with E-state index in [1.807, 2.05) is 12.1 Å². The van der Waals surface area contributed by atoms with Gasteiger partial charge in [-0.25, -0.2) is 0 Å². The largest absolute Gasteiger partial charge is 0.492 e. The Morgan fingerprint density at radius 1 is 1.11 bits per heavy atom. The molecule has 100 valence electrons. The number of hydrogen-bond donors (Lipinski definition) is 1. The molecule has 2 heteroatoms. The summed E-state index contributed by atoms with van der Waals surface area (Å²) in [4.78, 5) is 0. The summed E-state index contributed by atoms with van der Waals surface area (Å²) in [6, 6.07) is 8.97. The van der Waals surface area contributed by atoms with E-state index < -0.39 is 0 Å². The highest BCUT2D eigenvalue weighted by Gasteiger charge is 2.16. The van der Waals surface area contributed by atoms with Crippen molar-refractivity contribution in [1.82, 2.24) is 5.32 Å². The Morgan fingerprint density at radius 2 is 1.78 bits per heavy atom. The molecule has 0 aliphatic heterocycles. The van der Waals surface area contributed by atoms with Crippen molar-refractivity contribution in [3.63, 3.8) is 0 Å². The molecule has 1 saturated carbocycles. The smallest absolute Gasteiger partial charge is 0.119 e. The minimum absolute atomic E-state index is 0.711. The number of hydrogen-bond acceptors (Lipinski definition) is 2. The van der Waals surface area contributed by atoms with Gasteiger partial charge in [0.1, 0.15) is 12.4 Å². The average Bonchev–Trinajstić information content (AvgIpc) is 2.39. The molecule has 0 aromatic heterocycles. The first-order valence-corrected chi connectivity index (χ1v) is 7.17. The van der Waals surface area contributed by atoms with E-state index in [2.05, 4.69) is 31.3 Å². The molecule has 1 aromatic rings. The summed E-state index contributed by atoms with van der Waals surface area (Å²) >= 11 is 0. The third kappa shape index (κ3) is 4.34. The summed E-state index contributed by atoms with van der Waals surface area (Å²) in [6.07, 6.45) is 5.39. The van der Waals surface area contributed by atoms with Crippen LogP contribution in [0.3, 0.4) is 0 Å². The SMILES string of the molecule is Cc1ccc(OCCNC2CCC(C)CC2)cc1. The second-order valence-electron chi connectivity index (χ2n) is 5.57. The van der Waals surface area contributed by atoms with Gasteiger partial charge in [-0.2, -0.15) is 0 Å². The summed E-state index contributed by atoms with van der Waals surface area (Å²) < 4.78 is 5.71. The topological polar surface area (TPSA) is 21.3 Å². The van der Waals surface area contributed by atoms with Crippen LogP contribution in [-0.2, 0) is 0 Å². The Morgan fingerprint density at radius 3 is 2.44 bits per heavy atom. The van der Waals surface area contributed by atoms with E-state index in [9.17, 15) is 0 Å². The van der Waals surface area contributed by atoms with Gasteiger partial charge in [0.2, 0.25) is 0 Å². The molecular weight excluding hydrogens is 222 g/mol. The predicted molar refractivity (Wildman–Crippen MR) is 76.1 cm³/mol. The fourth-order valence-electron chi connectivity index (χ4n) is 2.53. The Hall–Kier alpha value is -1.02. The summed E-state index contributed by atoms with van der Waals surface area (Å²) in [5, 5.41) is 3.60. The monoisotopic (exact) mass is 247 g/mol. The Kier molecular flexibility index (Phi) is 5.06. The summed E-state index contributed by atoms with van der Waals surface area (Å²) in [7, 11) is 0. The minimum Gasteiger partial charge on any atom is -0.492 e. The number of nitrogens with one attached hydrogen (secondary N) is 1. The first-order valence-electron chi connectivity index (χ1n) is 7.17. The van der Waals surface area contributed by atoms with Crippen molar-refractivity contribution in [3.05, 3.63) is 29.8 Å². The van der Waals surface area contributed by atoms with E-state index in [1.54, 1.807) is 0 Å². The molecule has 0 bridgehead atoms. The Bertz CT molecular complexity index is 339. The third-order valence-electron chi connectivity index (χ3n) is 3.84.